The second kappa shape index (κ2) is 9.13. The first kappa shape index (κ1) is 18.8. The number of rotatable bonds is 6. The van der Waals surface area contributed by atoms with Crippen molar-refractivity contribution in [2.24, 2.45) is 0 Å². The quantitative estimate of drug-likeness (QED) is 0.674. The molecule has 0 aliphatic carbocycles. The smallest absolute Gasteiger partial charge is 0.237 e. The van der Waals surface area contributed by atoms with Crippen LogP contribution in [0.5, 0.6) is 0 Å². The summed E-state index contributed by atoms with van der Waals surface area (Å²) >= 11 is 1.72. The molecule has 1 unspecified atom stereocenters. The van der Waals surface area contributed by atoms with Crippen LogP contribution in [0.3, 0.4) is 0 Å². The lowest BCUT2D eigenvalue weighted by molar-refractivity contribution is -0.128. The average molecular weight is 392 g/mol. The van der Waals surface area contributed by atoms with Gasteiger partial charge >= 0.3 is 0 Å². The van der Waals surface area contributed by atoms with Crippen molar-refractivity contribution in [2.75, 3.05) is 6.54 Å². The minimum atomic E-state index is -0.0611. The number of aromatic nitrogens is 1. The molecule has 1 saturated heterocycles. The number of pyridine rings is 1. The van der Waals surface area contributed by atoms with Gasteiger partial charge in [-0.2, -0.15) is 11.3 Å². The molecule has 3 aromatic rings. The number of benzene rings is 1. The molecule has 2 aromatic heterocycles. The number of thiophene rings is 1. The molecule has 144 valence electrons. The van der Waals surface area contributed by atoms with Crippen LogP contribution in [0.25, 0.3) is 11.1 Å². The molecule has 5 heteroatoms. The lowest BCUT2D eigenvalue weighted by Crippen LogP contribution is -2.48. The topological polar surface area (TPSA) is 45.2 Å². The Morgan fingerprint density at radius 2 is 2.00 bits per heavy atom. The Morgan fingerprint density at radius 3 is 2.75 bits per heavy atom. The third kappa shape index (κ3) is 4.66. The Labute approximate surface area is 170 Å². The maximum absolute atomic E-state index is 12.8. The van der Waals surface area contributed by atoms with E-state index in [1.807, 2.05) is 18.2 Å². The maximum atomic E-state index is 12.8. The predicted molar refractivity (Wildman–Crippen MR) is 114 cm³/mol. The van der Waals surface area contributed by atoms with E-state index in [1.165, 1.54) is 16.7 Å². The zero-order valence-electron chi connectivity index (χ0n) is 15.9. The van der Waals surface area contributed by atoms with Gasteiger partial charge in [-0.15, -0.1) is 0 Å². The van der Waals surface area contributed by atoms with Crippen molar-refractivity contribution in [2.45, 2.75) is 38.4 Å². The lowest BCUT2D eigenvalue weighted by atomic mass is 9.99. The highest BCUT2D eigenvalue weighted by Crippen LogP contribution is 2.24. The number of nitrogens with one attached hydrogen (secondary N) is 1. The molecule has 0 saturated carbocycles. The molecule has 3 heterocycles. The fraction of sp³-hybridized carbons (Fsp3) is 0.304. The molecular formula is C23H25N3OS. The van der Waals surface area contributed by atoms with Gasteiger partial charge in [0.15, 0.2) is 0 Å². The third-order valence-corrected chi connectivity index (χ3v) is 5.96. The molecule has 1 amide bonds. The first-order valence-electron chi connectivity index (χ1n) is 9.83. The number of amides is 1. The van der Waals surface area contributed by atoms with Gasteiger partial charge in [-0.3, -0.25) is 14.7 Å². The van der Waals surface area contributed by atoms with Gasteiger partial charge in [0.25, 0.3) is 0 Å². The van der Waals surface area contributed by atoms with Crippen molar-refractivity contribution in [3.8, 4) is 11.1 Å². The molecule has 0 radical (unpaired) electrons. The Morgan fingerprint density at radius 1 is 1.11 bits per heavy atom. The van der Waals surface area contributed by atoms with Gasteiger partial charge in [-0.05, 0) is 65.0 Å². The fourth-order valence-electron chi connectivity index (χ4n) is 3.74. The zero-order valence-corrected chi connectivity index (χ0v) is 16.7. The van der Waals surface area contributed by atoms with Crippen molar-refractivity contribution in [3.63, 3.8) is 0 Å². The fourth-order valence-corrected chi connectivity index (χ4v) is 4.41. The molecular weight excluding hydrogens is 366 g/mol. The summed E-state index contributed by atoms with van der Waals surface area (Å²) in [6, 6.07) is 16.6. The Balaban J connectivity index is 1.38. The summed E-state index contributed by atoms with van der Waals surface area (Å²) < 4.78 is 0. The molecule has 1 fully saturated rings. The van der Waals surface area contributed by atoms with Crippen LogP contribution in [0, 0.1) is 0 Å². The second-order valence-electron chi connectivity index (χ2n) is 7.23. The van der Waals surface area contributed by atoms with E-state index in [4.69, 9.17) is 0 Å². The molecule has 1 aromatic carbocycles. The normalized spacial score (nSPS) is 17.4. The van der Waals surface area contributed by atoms with Crippen LogP contribution >= 0.6 is 11.3 Å². The zero-order chi connectivity index (χ0) is 19.2. The summed E-state index contributed by atoms with van der Waals surface area (Å²) in [6.07, 6.45) is 4.93. The van der Waals surface area contributed by atoms with Crippen molar-refractivity contribution >= 4 is 17.2 Å². The highest BCUT2D eigenvalue weighted by atomic mass is 32.1. The van der Waals surface area contributed by atoms with E-state index in [0.717, 1.165) is 38.0 Å². The maximum Gasteiger partial charge on any atom is 0.237 e. The Bertz CT molecular complexity index is 878. The molecule has 1 aliphatic rings. The largest absolute Gasteiger partial charge is 0.349 e. The number of likely N-dealkylation sites (tertiary alicyclic amines) is 1. The van der Waals surface area contributed by atoms with Crippen LogP contribution < -0.4 is 5.32 Å². The Kier molecular flexibility index (Phi) is 6.14. The molecule has 4 rings (SSSR count). The highest BCUT2D eigenvalue weighted by molar-refractivity contribution is 7.08. The van der Waals surface area contributed by atoms with Gasteiger partial charge in [0, 0.05) is 12.7 Å². The van der Waals surface area contributed by atoms with Gasteiger partial charge in [0.1, 0.15) is 0 Å². The summed E-state index contributed by atoms with van der Waals surface area (Å²) in [5, 5.41) is 7.34. The van der Waals surface area contributed by atoms with Crippen molar-refractivity contribution in [3.05, 3.63) is 76.7 Å². The average Bonchev–Trinajstić information content (AvgIpc) is 3.29. The number of piperidine rings is 1. The van der Waals surface area contributed by atoms with Gasteiger partial charge in [-0.25, -0.2) is 0 Å². The number of carbonyl (C=O) groups excluding carboxylic acids is 1. The minimum absolute atomic E-state index is 0.0611. The molecule has 0 bridgehead atoms. The Hall–Kier alpha value is -2.50. The molecule has 1 atom stereocenters. The summed E-state index contributed by atoms with van der Waals surface area (Å²) in [6.45, 7) is 2.26. The number of hydrogen-bond donors (Lipinski definition) is 1. The van der Waals surface area contributed by atoms with Crippen molar-refractivity contribution in [1.82, 2.24) is 15.2 Å². The summed E-state index contributed by atoms with van der Waals surface area (Å²) in [4.78, 5) is 19.4. The number of carbonyl (C=O) groups is 1. The predicted octanol–water partition coefficient (Wildman–Crippen LogP) is 4.48. The number of hydrogen-bond acceptors (Lipinski definition) is 4. The van der Waals surface area contributed by atoms with E-state index in [-0.39, 0.29) is 11.9 Å². The monoisotopic (exact) mass is 391 g/mol. The van der Waals surface area contributed by atoms with E-state index in [9.17, 15) is 4.79 Å². The molecule has 1 N–H and O–H groups in total. The highest BCUT2D eigenvalue weighted by Gasteiger charge is 2.28. The first-order valence-corrected chi connectivity index (χ1v) is 10.8. The van der Waals surface area contributed by atoms with Crippen LogP contribution in [-0.4, -0.2) is 28.4 Å². The third-order valence-electron chi connectivity index (χ3n) is 5.28. The minimum Gasteiger partial charge on any atom is -0.349 e. The van der Waals surface area contributed by atoms with E-state index in [2.05, 4.69) is 56.3 Å². The number of nitrogens with zero attached hydrogens (tertiary/aromatic N) is 2. The van der Waals surface area contributed by atoms with E-state index < -0.39 is 0 Å². The molecule has 28 heavy (non-hydrogen) atoms. The van der Waals surface area contributed by atoms with Crippen molar-refractivity contribution < 1.29 is 4.79 Å². The van der Waals surface area contributed by atoms with E-state index in [0.29, 0.717) is 6.54 Å². The van der Waals surface area contributed by atoms with Crippen LogP contribution in [-0.2, 0) is 17.9 Å². The van der Waals surface area contributed by atoms with Crippen molar-refractivity contribution in [1.29, 1.82) is 0 Å². The van der Waals surface area contributed by atoms with Gasteiger partial charge in [0.05, 0.1) is 18.3 Å². The standard InChI is InChI=1S/C23H25N3OS/c27-23(25-15-21-5-1-3-12-24-21)22-6-2-4-13-26(22)16-18-7-9-19(10-8-18)20-11-14-28-17-20/h1,3,5,7-12,14,17,22H,2,4,6,13,15-16H2,(H,25,27). The lowest BCUT2D eigenvalue weighted by Gasteiger charge is -2.34. The van der Waals surface area contributed by atoms with E-state index >= 15 is 0 Å². The van der Waals surface area contributed by atoms with Crippen LogP contribution in [0.4, 0.5) is 0 Å². The van der Waals surface area contributed by atoms with Gasteiger partial charge < -0.3 is 5.32 Å². The van der Waals surface area contributed by atoms with Gasteiger partial charge in [0.2, 0.25) is 5.91 Å². The summed E-state index contributed by atoms with van der Waals surface area (Å²) in [5.41, 5.74) is 4.65. The van der Waals surface area contributed by atoms with Crippen LogP contribution in [0.1, 0.15) is 30.5 Å². The molecule has 0 spiro atoms. The van der Waals surface area contributed by atoms with Crippen LogP contribution in [0.15, 0.2) is 65.5 Å². The second-order valence-corrected chi connectivity index (χ2v) is 8.01. The SMILES string of the molecule is O=C(NCc1ccccn1)C1CCCCN1Cc1ccc(-c2ccsc2)cc1. The van der Waals surface area contributed by atoms with E-state index in [1.54, 1.807) is 17.5 Å². The summed E-state index contributed by atoms with van der Waals surface area (Å²) in [5.74, 6) is 0.111. The van der Waals surface area contributed by atoms with Crippen LogP contribution in [0.2, 0.25) is 0 Å². The molecule has 4 nitrogen and oxygen atoms in total. The summed E-state index contributed by atoms with van der Waals surface area (Å²) in [7, 11) is 0. The molecule has 1 aliphatic heterocycles. The van der Waals surface area contributed by atoms with Gasteiger partial charge in [-0.1, -0.05) is 36.8 Å². The first-order chi connectivity index (χ1) is 13.8.